The number of hydrogen-bond donors (Lipinski definition) is 0. The van der Waals surface area contributed by atoms with Crippen molar-refractivity contribution in [2.24, 2.45) is 5.11 Å². The van der Waals surface area contributed by atoms with Crippen molar-refractivity contribution in [2.45, 2.75) is 6.92 Å². The van der Waals surface area contributed by atoms with Crippen LogP contribution in [0.25, 0.3) is 10.4 Å². The molecule has 0 atom stereocenters. The Morgan fingerprint density at radius 3 is 2.54 bits per heavy atom. The van der Waals surface area contributed by atoms with Crippen molar-refractivity contribution in [2.75, 3.05) is 18.6 Å². The van der Waals surface area contributed by atoms with Gasteiger partial charge in [0.2, 0.25) is 0 Å². The Hall–Kier alpha value is -1.67. The van der Waals surface area contributed by atoms with Gasteiger partial charge < -0.3 is 4.90 Å². The Kier molecular flexibility index (Phi) is 3.17. The van der Waals surface area contributed by atoms with Gasteiger partial charge in [-0.05, 0) is 24.6 Å². The molecule has 13 heavy (non-hydrogen) atoms. The maximum atomic E-state index is 8.14. The van der Waals surface area contributed by atoms with E-state index in [1.54, 1.807) is 0 Å². The van der Waals surface area contributed by atoms with Crippen molar-refractivity contribution in [1.82, 2.24) is 0 Å². The van der Waals surface area contributed by atoms with Crippen LogP contribution in [-0.4, -0.2) is 13.7 Å². The second-order valence-corrected chi connectivity index (χ2v) is 2.91. The minimum atomic E-state index is 0.361. The Morgan fingerprint density at radius 2 is 2.00 bits per heavy atom. The van der Waals surface area contributed by atoms with Gasteiger partial charge in [-0.25, -0.2) is 0 Å². The SMILES string of the molecule is Cc1ccc(N(C)CN=[N+]=[N-])cc1. The first-order valence-electron chi connectivity index (χ1n) is 4.02. The van der Waals surface area contributed by atoms with E-state index in [4.69, 9.17) is 5.53 Å². The first kappa shape index (κ1) is 9.42. The van der Waals surface area contributed by atoms with E-state index in [9.17, 15) is 0 Å². The molecule has 4 heteroatoms. The Labute approximate surface area is 77.4 Å². The van der Waals surface area contributed by atoms with Crippen LogP contribution in [0.15, 0.2) is 29.4 Å². The number of benzene rings is 1. The summed E-state index contributed by atoms with van der Waals surface area (Å²) in [6, 6.07) is 8.06. The molecule has 0 fully saturated rings. The molecule has 0 amide bonds. The second kappa shape index (κ2) is 4.38. The van der Waals surface area contributed by atoms with Crippen molar-refractivity contribution in [3.63, 3.8) is 0 Å². The molecule has 0 N–H and O–H groups in total. The monoisotopic (exact) mass is 176 g/mol. The van der Waals surface area contributed by atoms with Crippen LogP contribution < -0.4 is 4.90 Å². The Morgan fingerprint density at radius 1 is 1.38 bits per heavy atom. The van der Waals surface area contributed by atoms with Crippen LogP contribution >= 0.6 is 0 Å². The van der Waals surface area contributed by atoms with Crippen LogP contribution in [0.1, 0.15) is 5.56 Å². The fraction of sp³-hybridized carbons (Fsp3) is 0.333. The van der Waals surface area contributed by atoms with Crippen molar-refractivity contribution >= 4 is 5.69 Å². The summed E-state index contributed by atoms with van der Waals surface area (Å²) < 4.78 is 0. The topological polar surface area (TPSA) is 52.0 Å². The highest BCUT2D eigenvalue weighted by molar-refractivity contribution is 5.46. The van der Waals surface area contributed by atoms with Gasteiger partial charge >= 0.3 is 0 Å². The minimum Gasteiger partial charge on any atom is -0.369 e. The van der Waals surface area contributed by atoms with Crippen LogP contribution in [0.4, 0.5) is 5.69 Å². The van der Waals surface area contributed by atoms with Gasteiger partial charge in [0, 0.05) is 17.6 Å². The van der Waals surface area contributed by atoms with Crippen LogP contribution in [-0.2, 0) is 0 Å². The number of azide groups is 1. The summed E-state index contributed by atoms with van der Waals surface area (Å²) in [5.41, 5.74) is 10.4. The van der Waals surface area contributed by atoms with Crippen molar-refractivity contribution < 1.29 is 0 Å². The molecule has 0 spiro atoms. The number of anilines is 1. The summed E-state index contributed by atoms with van der Waals surface area (Å²) in [5, 5.41) is 3.48. The molecular weight excluding hydrogens is 164 g/mol. The smallest absolute Gasteiger partial charge is 0.0964 e. The predicted molar refractivity (Wildman–Crippen MR) is 53.6 cm³/mol. The van der Waals surface area contributed by atoms with Gasteiger partial charge in [0.05, 0.1) is 6.67 Å². The molecule has 1 rings (SSSR count). The van der Waals surface area contributed by atoms with Gasteiger partial charge in [-0.2, -0.15) is 0 Å². The van der Waals surface area contributed by atoms with E-state index < -0.39 is 0 Å². The van der Waals surface area contributed by atoms with Gasteiger partial charge in [0.25, 0.3) is 0 Å². The van der Waals surface area contributed by atoms with E-state index in [2.05, 4.69) is 10.0 Å². The summed E-state index contributed by atoms with van der Waals surface area (Å²) in [6.07, 6.45) is 0. The highest BCUT2D eigenvalue weighted by Gasteiger charge is 1.96. The van der Waals surface area contributed by atoms with Crippen LogP contribution in [0.3, 0.4) is 0 Å². The van der Waals surface area contributed by atoms with E-state index >= 15 is 0 Å². The molecule has 0 saturated heterocycles. The predicted octanol–water partition coefficient (Wildman–Crippen LogP) is 2.70. The molecule has 0 aliphatic rings. The highest BCUT2D eigenvalue weighted by Crippen LogP contribution is 2.12. The fourth-order valence-corrected chi connectivity index (χ4v) is 1.00. The molecule has 4 nitrogen and oxygen atoms in total. The average Bonchev–Trinajstić information content (AvgIpc) is 2.15. The third kappa shape index (κ3) is 2.69. The summed E-state index contributed by atoms with van der Waals surface area (Å²) in [4.78, 5) is 4.59. The largest absolute Gasteiger partial charge is 0.369 e. The normalized spacial score (nSPS) is 9.08. The zero-order chi connectivity index (χ0) is 9.68. The molecule has 68 valence electrons. The van der Waals surface area contributed by atoms with E-state index in [-0.39, 0.29) is 0 Å². The van der Waals surface area contributed by atoms with Gasteiger partial charge in [-0.3, -0.25) is 0 Å². The van der Waals surface area contributed by atoms with E-state index in [1.807, 2.05) is 43.1 Å². The molecule has 0 bridgehead atoms. The summed E-state index contributed by atoms with van der Waals surface area (Å²) in [7, 11) is 1.89. The lowest BCUT2D eigenvalue weighted by atomic mass is 10.2. The summed E-state index contributed by atoms with van der Waals surface area (Å²) >= 11 is 0. The van der Waals surface area contributed by atoms with E-state index in [0.717, 1.165) is 5.69 Å². The molecule has 1 aromatic rings. The Balaban J connectivity index is 2.71. The molecule has 0 aliphatic carbocycles. The summed E-state index contributed by atoms with van der Waals surface area (Å²) in [6.45, 7) is 2.40. The maximum absolute atomic E-state index is 8.14. The average molecular weight is 176 g/mol. The van der Waals surface area contributed by atoms with E-state index in [1.165, 1.54) is 5.56 Å². The lowest BCUT2D eigenvalue weighted by Crippen LogP contribution is -2.15. The van der Waals surface area contributed by atoms with Crippen LogP contribution in [0.5, 0.6) is 0 Å². The van der Waals surface area contributed by atoms with Gasteiger partial charge in [0.15, 0.2) is 0 Å². The van der Waals surface area contributed by atoms with Crippen molar-refractivity contribution in [1.29, 1.82) is 0 Å². The molecule has 0 aromatic heterocycles. The fourth-order valence-electron chi connectivity index (χ4n) is 1.00. The third-order valence-corrected chi connectivity index (χ3v) is 1.81. The number of nitrogens with zero attached hydrogens (tertiary/aromatic N) is 4. The molecular formula is C9H12N4. The zero-order valence-corrected chi connectivity index (χ0v) is 7.81. The minimum absolute atomic E-state index is 0.361. The highest BCUT2D eigenvalue weighted by atomic mass is 15.3. The van der Waals surface area contributed by atoms with Crippen LogP contribution in [0, 0.1) is 6.92 Å². The lowest BCUT2D eigenvalue weighted by molar-refractivity contribution is 0.922. The lowest BCUT2D eigenvalue weighted by Gasteiger charge is -2.15. The standard InChI is InChI=1S/C9H12N4/c1-8-3-5-9(6-4-8)13(2)7-11-12-10/h3-6H,7H2,1-2H3. The molecule has 1 aromatic carbocycles. The molecule has 0 saturated carbocycles. The summed E-state index contributed by atoms with van der Waals surface area (Å²) in [5.74, 6) is 0. The molecule has 0 radical (unpaired) electrons. The van der Waals surface area contributed by atoms with Gasteiger partial charge in [-0.1, -0.05) is 22.8 Å². The van der Waals surface area contributed by atoms with Crippen LogP contribution in [0.2, 0.25) is 0 Å². The van der Waals surface area contributed by atoms with Gasteiger partial charge in [-0.15, -0.1) is 0 Å². The molecule has 0 heterocycles. The molecule has 0 unspecified atom stereocenters. The number of aryl methyl sites for hydroxylation is 1. The third-order valence-electron chi connectivity index (χ3n) is 1.81. The first-order chi connectivity index (χ1) is 6.24. The molecule has 0 aliphatic heterocycles. The maximum Gasteiger partial charge on any atom is 0.0964 e. The zero-order valence-electron chi connectivity index (χ0n) is 7.81. The number of hydrogen-bond acceptors (Lipinski definition) is 2. The van der Waals surface area contributed by atoms with Crippen molar-refractivity contribution in [3.05, 3.63) is 40.3 Å². The quantitative estimate of drug-likeness (QED) is 0.397. The van der Waals surface area contributed by atoms with Crippen molar-refractivity contribution in [3.8, 4) is 0 Å². The van der Waals surface area contributed by atoms with E-state index in [0.29, 0.717) is 6.67 Å². The Bertz CT molecular complexity index is 311. The number of rotatable bonds is 3. The van der Waals surface area contributed by atoms with Gasteiger partial charge in [0.1, 0.15) is 0 Å². The second-order valence-electron chi connectivity index (χ2n) is 2.91. The first-order valence-corrected chi connectivity index (χ1v) is 4.02.